The summed E-state index contributed by atoms with van der Waals surface area (Å²) in [6, 6.07) is 5.02. The zero-order valence-electron chi connectivity index (χ0n) is 13.1. The molecule has 0 aliphatic rings. The van der Waals surface area contributed by atoms with Gasteiger partial charge in [-0.3, -0.25) is 0 Å². The second-order valence-electron chi connectivity index (χ2n) is 6.26. The number of nitrogens with zero attached hydrogens (tertiary/aromatic N) is 2. The molecule has 2 rings (SSSR count). The molecule has 0 fully saturated rings. The largest absolute Gasteiger partial charge is 0.383 e. The molecule has 4 nitrogen and oxygen atoms in total. The normalized spacial score (nSPS) is 11.5. The van der Waals surface area contributed by atoms with Gasteiger partial charge < -0.3 is 11.1 Å². The van der Waals surface area contributed by atoms with Gasteiger partial charge in [-0.15, -0.1) is 0 Å². The van der Waals surface area contributed by atoms with Crippen LogP contribution in [0.25, 0.3) is 0 Å². The zero-order chi connectivity index (χ0) is 15.8. The van der Waals surface area contributed by atoms with Crippen LogP contribution in [-0.2, 0) is 5.41 Å². The van der Waals surface area contributed by atoms with Crippen molar-refractivity contribution in [1.29, 1.82) is 0 Å². The third-order valence-electron chi connectivity index (χ3n) is 3.23. The highest BCUT2D eigenvalue weighted by Crippen LogP contribution is 2.27. The van der Waals surface area contributed by atoms with E-state index in [0.29, 0.717) is 28.7 Å². The molecule has 21 heavy (non-hydrogen) atoms. The van der Waals surface area contributed by atoms with Crippen molar-refractivity contribution in [3.8, 4) is 0 Å². The minimum atomic E-state index is -0.316. The van der Waals surface area contributed by atoms with Gasteiger partial charge in [0.1, 0.15) is 23.3 Å². The fraction of sp³-hybridized carbons (Fsp3) is 0.375. The van der Waals surface area contributed by atoms with E-state index in [1.165, 1.54) is 6.07 Å². The van der Waals surface area contributed by atoms with Gasteiger partial charge in [-0.05, 0) is 31.5 Å². The van der Waals surface area contributed by atoms with E-state index in [-0.39, 0.29) is 11.2 Å². The predicted octanol–water partition coefficient (Wildman–Crippen LogP) is 3.86. The summed E-state index contributed by atoms with van der Waals surface area (Å²) in [4.78, 5) is 8.81. The van der Waals surface area contributed by atoms with Crippen LogP contribution in [0, 0.1) is 19.7 Å². The van der Waals surface area contributed by atoms with E-state index in [1.807, 2.05) is 40.7 Å². The van der Waals surface area contributed by atoms with Crippen LogP contribution in [0.3, 0.4) is 0 Å². The molecule has 0 aliphatic heterocycles. The summed E-state index contributed by atoms with van der Waals surface area (Å²) in [6.45, 7) is 9.68. The zero-order valence-corrected chi connectivity index (χ0v) is 13.1. The number of nitrogen functional groups attached to an aromatic ring is 1. The van der Waals surface area contributed by atoms with E-state index in [2.05, 4.69) is 15.3 Å². The molecular formula is C16H21FN4. The molecule has 1 heterocycles. The molecule has 0 radical (unpaired) electrons. The van der Waals surface area contributed by atoms with Gasteiger partial charge in [0.15, 0.2) is 0 Å². The summed E-state index contributed by atoms with van der Waals surface area (Å²) in [5.41, 5.74) is 7.67. The van der Waals surface area contributed by atoms with Crippen LogP contribution in [-0.4, -0.2) is 9.97 Å². The highest BCUT2D eigenvalue weighted by Gasteiger charge is 2.20. The van der Waals surface area contributed by atoms with Crippen LogP contribution >= 0.6 is 0 Å². The van der Waals surface area contributed by atoms with E-state index < -0.39 is 0 Å². The van der Waals surface area contributed by atoms with Crippen LogP contribution in [0.2, 0.25) is 0 Å². The molecule has 0 atom stereocenters. The highest BCUT2D eigenvalue weighted by atomic mass is 19.1. The van der Waals surface area contributed by atoms with Gasteiger partial charge in [-0.2, -0.15) is 0 Å². The molecule has 0 unspecified atom stereocenters. The van der Waals surface area contributed by atoms with Gasteiger partial charge in [-0.1, -0.05) is 26.8 Å². The molecule has 1 aromatic heterocycles. The lowest BCUT2D eigenvalue weighted by atomic mass is 9.95. The molecule has 2 aromatic rings. The molecule has 0 spiro atoms. The quantitative estimate of drug-likeness (QED) is 0.881. The number of halogens is 1. The predicted molar refractivity (Wildman–Crippen MR) is 84.3 cm³/mol. The van der Waals surface area contributed by atoms with Crippen molar-refractivity contribution in [2.45, 2.75) is 40.0 Å². The smallest absolute Gasteiger partial charge is 0.146 e. The third kappa shape index (κ3) is 3.29. The fourth-order valence-electron chi connectivity index (χ4n) is 1.84. The number of rotatable bonds is 2. The topological polar surface area (TPSA) is 63.8 Å². The van der Waals surface area contributed by atoms with Crippen molar-refractivity contribution >= 4 is 17.3 Å². The summed E-state index contributed by atoms with van der Waals surface area (Å²) in [6.07, 6.45) is 0. The molecule has 0 aliphatic carbocycles. The first kappa shape index (κ1) is 15.2. The van der Waals surface area contributed by atoms with E-state index >= 15 is 0 Å². The Balaban J connectivity index is 2.46. The second kappa shape index (κ2) is 5.31. The molecule has 0 saturated carbocycles. The summed E-state index contributed by atoms with van der Waals surface area (Å²) >= 11 is 0. The minimum Gasteiger partial charge on any atom is -0.383 e. The Morgan fingerprint density at radius 2 is 1.81 bits per heavy atom. The number of nitrogens with two attached hydrogens (primary N) is 1. The molecule has 0 bridgehead atoms. The number of nitrogens with one attached hydrogen (secondary N) is 1. The van der Waals surface area contributed by atoms with Crippen LogP contribution < -0.4 is 11.1 Å². The third-order valence-corrected chi connectivity index (χ3v) is 3.23. The number of hydrogen-bond donors (Lipinski definition) is 2. The standard InChI is InChI=1S/C16H21FN4/c1-9-6-7-12(11(17)8-9)19-14-10(2)13(18)20-15(21-14)16(3,4)5/h6-8H,1-5H3,(H3,18,19,20,21). The molecular weight excluding hydrogens is 267 g/mol. The maximum Gasteiger partial charge on any atom is 0.146 e. The summed E-state index contributed by atoms with van der Waals surface area (Å²) in [7, 11) is 0. The number of aromatic nitrogens is 2. The fourth-order valence-corrected chi connectivity index (χ4v) is 1.84. The van der Waals surface area contributed by atoms with Crippen molar-refractivity contribution < 1.29 is 4.39 Å². The van der Waals surface area contributed by atoms with Crippen LogP contribution in [0.4, 0.5) is 21.7 Å². The number of anilines is 3. The van der Waals surface area contributed by atoms with Gasteiger partial charge >= 0.3 is 0 Å². The number of benzene rings is 1. The number of hydrogen-bond acceptors (Lipinski definition) is 4. The lowest BCUT2D eigenvalue weighted by Gasteiger charge is -2.20. The highest BCUT2D eigenvalue weighted by molar-refractivity contribution is 5.64. The molecule has 5 heteroatoms. The Hall–Kier alpha value is -2.17. The lowest BCUT2D eigenvalue weighted by Crippen LogP contribution is -2.19. The van der Waals surface area contributed by atoms with E-state index in [4.69, 9.17) is 5.73 Å². The van der Waals surface area contributed by atoms with Crippen LogP contribution in [0.15, 0.2) is 18.2 Å². The van der Waals surface area contributed by atoms with E-state index in [1.54, 1.807) is 6.07 Å². The van der Waals surface area contributed by atoms with Crippen molar-refractivity contribution in [2.24, 2.45) is 0 Å². The average Bonchev–Trinajstić information content (AvgIpc) is 2.36. The van der Waals surface area contributed by atoms with Gasteiger partial charge in [0.25, 0.3) is 0 Å². The number of aryl methyl sites for hydroxylation is 1. The SMILES string of the molecule is Cc1ccc(Nc2nc(C(C)(C)C)nc(N)c2C)c(F)c1. The first-order valence-corrected chi connectivity index (χ1v) is 6.86. The average molecular weight is 288 g/mol. The first-order chi connectivity index (χ1) is 9.68. The Bertz CT molecular complexity index is 675. The Labute approximate surface area is 124 Å². The Kier molecular flexibility index (Phi) is 3.85. The van der Waals surface area contributed by atoms with Crippen molar-refractivity contribution in [3.05, 3.63) is 41.0 Å². The van der Waals surface area contributed by atoms with Gasteiger partial charge in [0.05, 0.1) is 5.69 Å². The van der Waals surface area contributed by atoms with Crippen molar-refractivity contribution in [3.63, 3.8) is 0 Å². The van der Waals surface area contributed by atoms with Gasteiger partial charge in [0.2, 0.25) is 0 Å². The first-order valence-electron chi connectivity index (χ1n) is 6.86. The summed E-state index contributed by atoms with van der Waals surface area (Å²) < 4.78 is 14.0. The molecule has 112 valence electrons. The van der Waals surface area contributed by atoms with E-state index in [9.17, 15) is 4.39 Å². The second-order valence-corrected chi connectivity index (χ2v) is 6.26. The van der Waals surface area contributed by atoms with Crippen LogP contribution in [0.5, 0.6) is 0 Å². The monoisotopic (exact) mass is 288 g/mol. The molecule has 0 amide bonds. The van der Waals surface area contributed by atoms with Gasteiger partial charge in [-0.25, -0.2) is 14.4 Å². The minimum absolute atomic E-state index is 0.232. The summed E-state index contributed by atoms with van der Waals surface area (Å²) in [5.74, 6) is 1.25. The lowest BCUT2D eigenvalue weighted by molar-refractivity contribution is 0.546. The molecule has 0 saturated heterocycles. The Morgan fingerprint density at radius 1 is 1.14 bits per heavy atom. The summed E-state index contributed by atoms with van der Waals surface area (Å²) in [5, 5.41) is 3.01. The van der Waals surface area contributed by atoms with E-state index in [0.717, 1.165) is 5.56 Å². The van der Waals surface area contributed by atoms with Crippen LogP contribution in [0.1, 0.15) is 37.7 Å². The maximum absolute atomic E-state index is 14.0. The molecule has 1 aromatic carbocycles. The van der Waals surface area contributed by atoms with Crippen molar-refractivity contribution in [1.82, 2.24) is 9.97 Å². The van der Waals surface area contributed by atoms with Gasteiger partial charge in [0, 0.05) is 11.0 Å². The molecule has 3 N–H and O–H groups in total. The maximum atomic E-state index is 14.0. The van der Waals surface area contributed by atoms with Crippen molar-refractivity contribution in [2.75, 3.05) is 11.1 Å². The Morgan fingerprint density at radius 3 is 2.38 bits per heavy atom.